The van der Waals surface area contributed by atoms with Crippen molar-refractivity contribution < 1.29 is 23.6 Å². The highest BCUT2D eigenvalue weighted by Crippen LogP contribution is 2.36. The third kappa shape index (κ3) is 3.01. The van der Waals surface area contributed by atoms with E-state index in [2.05, 4.69) is 5.32 Å². The summed E-state index contributed by atoms with van der Waals surface area (Å²) in [5, 5.41) is 2.28. The highest BCUT2D eigenvalue weighted by molar-refractivity contribution is 6.06. The van der Waals surface area contributed by atoms with Crippen molar-refractivity contribution in [1.29, 1.82) is 0 Å². The lowest BCUT2D eigenvalue weighted by Crippen LogP contribution is -2.52. The van der Waals surface area contributed by atoms with Gasteiger partial charge in [0, 0.05) is 36.2 Å². The molecule has 2 aromatic carbocycles. The molecule has 0 radical (unpaired) electrons. The van der Waals surface area contributed by atoms with Crippen molar-refractivity contribution in [2.75, 3.05) is 0 Å². The molecule has 3 aliphatic heterocycles. The summed E-state index contributed by atoms with van der Waals surface area (Å²) in [6, 6.07) is 8.64. The van der Waals surface area contributed by atoms with Crippen LogP contribution in [0.1, 0.15) is 63.2 Å². The summed E-state index contributed by atoms with van der Waals surface area (Å²) in [6.45, 7) is 2.33. The summed E-state index contributed by atoms with van der Waals surface area (Å²) >= 11 is 0. The van der Waals surface area contributed by atoms with E-state index in [1.807, 2.05) is 6.07 Å². The van der Waals surface area contributed by atoms with Crippen LogP contribution in [0.3, 0.4) is 0 Å². The molecule has 0 saturated carbocycles. The molecule has 31 heavy (non-hydrogen) atoms. The second-order valence-corrected chi connectivity index (χ2v) is 8.19. The van der Waals surface area contributed by atoms with E-state index < -0.39 is 18.0 Å². The van der Waals surface area contributed by atoms with Gasteiger partial charge in [-0.2, -0.15) is 0 Å². The van der Waals surface area contributed by atoms with Crippen molar-refractivity contribution in [3.63, 3.8) is 0 Å². The van der Waals surface area contributed by atoms with Gasteiger partial charge in [-0.05, 0) is 48.7 Å². The Morgan fingerprint density at radius 1 is 1.10 bits per heavy atom. The van der Waals surface area contributed by atoms with Crippen LogP contribution < -0.4 is 5.32 Å². The minimum Gasteiger partial charge on any atom is -0.327 e. The first-order valence-corrected chi connectivity index (χ1v) is 10.2. The Morgan fingerprint density at radius 2 is 1.90 bits per heavy atom. The highest BCUT2D eigenvalue weighted by Gasteiger charge is 2.40. The molecule has 158 valence electrons. The van der Waals surface area contributed by atoms with E-state index in [-0.39, 0.29) is 42.9 Å². The standard InChI is InChI=1S/C23H20FN3O4/c1-12-20-14(3-2-4-17(20)24)10-26(12)22(30)13-5-6-16-15(9-13)11-27(23(16)31)18-7-8-19(28)25-21(18)29/h2-6,9,12,18H,7-8,10-11H2,1H3,(H,25,28,29)/t12-,18?/m1/s1. The van der Waals surface area contributed by atoms with E-state index in [9.17, 15) is 23.6 Å². The average Bonchev–Trinajstić information content (AvgIpc) is 3.25. The van der Waals surface area contributed by atoms with E-state index in [0.717, 1.165) is 5.56 Å². The fourth-order valence-electron chi connectivity index (χ4n) is 4.78. The zero-order valence-electron chi connectivity index (χ0n) is 16.9. The largest absolute Gasteiger partial charge is 0.327 e. The molecule has 0 bridgehead atoms. The predicted molar refractivity (Wildman–Crippen MR) is 107 cm³/mol. The van der Waals surface area contributed by atoms with Gasteiger partial charge in [0.25, 0.3) is 11.8 Å². The maximum Gasteiger partial charge on any atom is 0.255 e. The summed E-state index contributed by atoms with van der Waals surface area (Å²) in [5.74, 6) is -1.65. The van der Waals surface area contributed by atoms with Crippen LogP contribution in [0.25, 0.3) is 0 Å². The number of carbonyl (C=O) groups is 4. The van der Waals surface area contributed by atoms with E-state index in [4.69, 9.17) is 0 Å². The van der Waals surface area contributed by atoms with E-state index in [0.29, 0.717) is 28.8 Å². The van der Waals surface area contributed by atoms with Crippen LogP contribution in [0.5, 0.6) is 0 Å². The van der Waals surface area contributed by atoms with Crippen LogP contribution in [0.15, 0.2) is 36.4 Å². The molecule has 1 fully saturated rings. The number of carbonyl (C=O) groups excluding carboxylic acids is 4. The van der Waals surface area contributed by atoms with Gasteiger partial charge in [0.15, 0.2) is 0 Å². The third-order valence-corrected chi connectivity index (χ3v) is 6.40. The average molecular weight is 421 g/mol. The Hall–Kier alpha value is -3.55. The molecule has 0 aliphatic carbocycles. The van der Waals surface area contributed by atoms with Crippen molar-refractivity contribution in [2.24, 2.45) is 0 Å². The lowest BCUT2D eigenvalue weighted by molar-refractivity contribution is -0.136. The molecule has 5 rings (SSSR count). The fraction of sp³-hybridized carbons (Fsp3) is 0.304. The number of nitrogens with zero attached hydrogens (tertiary/aromatic N) is 2. The minimum absolute atomic E-state index is 0.185. The van der Waals surface area contributed by atoms with Crippen molar-refractivity contribution in [2.45, 2.75) is 44.9 Å². The van der Waals surface area contributed by atoms with E-state index >= 15 is 0 Å². The van der Waals surface area contributed by atoms with Crippen molar-refractivity contribution in [3.05, 3.63) is 70.0 Å². The molecule has 0 spiro atoms. The second-order valence-electron chi connectivity index (χ2n) is 8.19. The number of fused-ring (bicyclic) bond motifs is 2. The lowest BCUT2D eigenvalue weighted by atomic mass is 10.0. The summed E-state index contributed by atoms with van der Waals surface area (Å²) in [7, 11) is 0. The number of hydrogen-bond donors (Lipinski definition) is 1. The van der Waals surface area contributed by atoms with Gasteiger partial charge in [-0.25, -0.2) is 4.39 Å². The van der Waals surface area contributed by atoms with Gasteiger partial charge in [0.1, 0.15) is 11.9 Å². The van der Waals surface area contributed by atoms with Crippen molar-refractivity contribution >= 4 is 23.6 Å². The van der Waals surface area contributed by atoms with Gasteiger partial charge in [-0.1, -0.05) is 12.1 Å². The Morgan fingerprint density at radius 3 is 2.65 bits per heavy atom. The summed E-state index contributed by atoms with van der Waals surface area (Å²) < 4.78 is 14.2. The molecule has 3 aliphatic rings. The molecule has 8 heteroatoms. The van der Waals surface area contributed by atoms with Gasteiger partial charge < -0.3 is 9.80 Å². The maximum absolute atomic E-state index is 14.2. The van der Waals surface area contributed by atoms with Gasteiger partial charge in [0.2, 0.25) is 11.8 Å². The van der Waals surface area contributed by atoms with E-state index in [1.165, 1.54) is 11.0 Å². The summed E-state index contributed by atoms with van der Waals surface area (Å²) in [4.78, 5) is 52.7. The fourth-order valence-corrected chi connectivity index (χ4v) is 4.78. The number of rotatable bonds is 2. The number of piperidine rings is 1. The number of halogens is 1. The number of hydrogen-bond acceptors (Lipinski definition) is 4. The molecule has 0 aromatic heterocycles. The van der Waals surface area contributed by atoms with Gasteiger partial charge in [0.05, 0.1) is 6.04 Å². The van der Waals surface area contributed by atoms with Crippen molar-refractivity contribution in [1.82, 2.24) is 15.1 Å². The second kappa shape index (κ2) is 7.01. The molecule has 3 heterocycles. The first kappa shape index (κ1) is 19.4. The molecule has 2 atom stereocenters. The monoisotopic (exact) mass is 421 g/mol. The molecule has 7 nitrogen and oxygen atoms in total. The molecule has 4 amide bonds. The molecular weight excluding hydrogens is 401 g/mol. The normalized spacial score (nSPS) is 22.5. The first-order valence-electron chi connectivity index (χ1n) is 10.2. The van der Waals surface area contributed by atoms with Crippen LogP contribution in [0, 0.1) is 5.82 Å². The summed E-state index contributed by atoms with van der Waals surface area (Å²) in [5.41, 5.74) is 2.86. The SMILES string of the molecule is C[C@@H]1c2c(F)cccc2CN1C(=O)c1ccc2c(c1)CN(C1CCC(=O)NC1=O)C2=O. The summed E-state index contributed by atoms with van der Waals surface area (Å²) in [6.07, 6.45) is 0.468. The molecule has 1 N–H and O–H groups in total. The lowest BCUT2D eigenvalue weighted by Gasteiger charge is -2.29. The Labute approximate surface area is 177 Å². The highest BCUT2D eigenvalue weighted by atomic mass is 19.1. The molecule has 1 unspecified atom stereocenters. The van der Waals surface area contributed by atoms with Gasteiger partial charge in [-0.3, -0.25) is 24.5 Å². The van der Waals surface area contributed by atoms with Crippen LogP contribution in [-0.4, -0.2) is 39.5 Å². The number of amides is 4. The number of nitrogens with one attached hydrogen (secondary N) is 1. The molecular formula is C23H20FN3O4. The Kier molecular flexibility index (Phi) is 4.39. The quantitative estimate of drug-likeness (QED) is 0.754. The zero-order valence-corrected chi connectivity index (χ0v) is 16.9. The van der Waals surface area contributed by atoms with E-state index in [1.54, 1.807) is 36.1 Å². The van der Waals surface area contributed by atoms with Crippen LogP contribution >= 0.6 is 0 Å². The Balaban J connectivity index is 1.38. The first-order chi connectivity index (χ1) is 14.8. The van der Waals surface area contributed by atoms with Gasteiger partial charge >= 0.3 is 0 Å². The van der Waals surface area contributed by atoms with Crippen LogP contribution in [0.2, 0.25) is 0 Å². The zero-order chi connectivity index (χ0) is 21.9. The maximum atomic E-state index is 14.2. The van der Waals surface area contributed by atoms with Crippen LogP contribution in [0.4, 0.5) is 4.39 Å². The topological polar surface area (TPSA) is 86.8 Å². The molecule has 1 saturated heterocycles. The minimum atomic E-state index is -0.701. The van der Waals surface area contributed by atoms with Crippen LogP contribution in [-0.2, 0) is 22.7 Å². The third-order valence-electron chi connectivity index (χ3n) is 6.40. The number of benzene rings is 2. The van der Waals surface area contributed by atoms with Crippen molar-refractivity contribution in [3.8, 4) is 0 Å². The van der Waals surface area contributed by atoms with Gasteiger partial charge in [-0.15, -0.1) is 0 Å². The smallest absolute Gasteiger partial charge is 0.255 e. The number of imide groups is 1. The Bertz CT molecular complexity index is 1160. The molecule has 2 aromatic rings. The predicted octanol–water partition coefficient (Wildman–Crippen LogP) is 2.30.